The van der Waals surface area contributed by atoms with Gasteiger partial charge in [-0.3, -0.25) is 4.79 Å². The first-order valence-corrected chi connectivity index (χ1v) is 10.4. The summed E-state index contributed by atoms with van der Waals surface area (Å²) in [6, 6.07) is 24.5. The molecule has 3 aromatic rings. The fourth-order valence-electron chi connectivity index (χ4n) is 2.78. The van der Waals surface area contributed by atoms with Gasteiger partial charge in [0.2, 0.25) is 10.0 Å². The second-order valence-corrected chi connectivity index (χ2v) is 8.16. The van der Waals surface area contributed by atoms with Crippen LogP contribution >= 0.6 is 0 Å². The van der Waals surface area contributed by atoms with E-state index in [1.54, 1.807) is 6.92 Å². The monoisotopic (exact) mass is 394 g/mol. The standard InChI is InChI=1S/C22H22N2O3S/c1-17(19-10-6-3-7-11-19)24-28(26,27)21-14-12-20(13-15-21)22(25)23-16-18-8-4-2-5-9-18/h2-15,17,24H,16H2,1H3,(H,23,25). The van der Waals surface area contributed by atoms with Crippen LogP contribution in [0.4, 0.5) is 0 Å². The molecule has 0 saturated carbocycles. The zero-order chi connectivity index (χ0) is 20.0. The molecule has 3 aromatic carbocycles. The topological polar surface area (TPSA) is 75.3 Å². The van der Waals surface area contributed by atoms with Gasteiger partial charge in [-0.15, -0.1) is 0 Å². The summed E-state index contributed by atoms with van der Waals surface area (Å²) in [4.78, 5) is 12.4. The number of rotatable bonds is 7. The van der Waals surface area contributed by atoms with Crippen molar-refractivity contribution in [3.05, 3.63) is 102 Å². The Morgan fingerprint density at radius 2 is 1.43 bits per heavy atom. The molecule has 144 valence electrons. The second kappa shape index (κ2) is 8.82. The molecule has 1 amide bonds. The van der Waals surface area contributed by atoms with Crippen molar-refractivity contribution < 1.29 is 13.2 Å². The molecule has 0 saturated heterocycles. The number of benzene rings is 3. The van der Waals surface area contributed by atoms with Crippen LogP contribution in [0.25, 0.3) is 0 Å². The number of hydrogen-bond acceptors (Lipinski definition) is 3. The predicted molar refractivity (Wildman–Crippen MR) is 109 cm³/mol. The first-order chi connectivity index (χ1) is 13.5. The first-order valence-electron chi connectivity index (χ1n) is 8.95. The summed E-state index contributed by atoms with van der Waals surface area (Å²) < 4.78 is 27.8. The fourth-order valence-corrected chi connectivity index (χ4v) is 4.01. The van der Waals surface area contributed by atoms with E-state index in [4.69, 9.17) is 0 Å². The second-order valence-electron chi connectivity index (χ2n) is 6.45. The lowest BCUT2D eigenvalue weighted by Crippen LogP contribution is -2.27. The molecule has 28 heavy (non-hydrogen) atoms. The van der Waals surface area contributed by atoms with E-state index in [-0.39, 0.29) is 16.8 Å². The molecular weight excluding hydrogens is 372 g/mol. The highest BCUT2D eigenvalue weighted by Crippen LogP contribution is 2.17. The lowest BCUT2D eigenvalue weighted by molar-refractivity contribution is 0.0951. The van der Waals surface area contributed by atoms with Crippen LogP contribution in [0.2, 0.25) is 0 Å². The zero-order valence-corrected chi connectivity index (χ0v) is 16.3. The maximum Gasteiger partial charge on any atom is 0.251 e. The van der Waals surface area contributed by atoms with Crippen molar-refractivity contribution in [1.82, 2.24) is 10.0 Å². The number of carbonyl (C=O) groups excluding carboxylic acids is 1. The molecule has 6 heteroatoms. The number of amides is 1. The van der Waals surface area contributed by atoms with Crippen molar-refractivity contribution in [3.63, 3.8) is 0 Å². The van der Waals surface area contributed by atoms with Crippen LogP contribution in [0, 0.1) is 0 Å². The molecule has 0 heterocycles. The Morgan fingerprint density at radius 3 is 2.04 bits per heavy atom. The Morgan fingerprint density at radius 1 is 0.857 bits per heavy atom. The number of sulfonamides is 1. The molecule has 0 fully saturated rings. The number of hydrogen-bond donors (Lipinski definition) is 2. The minimum atomic E-state index is -3.69. The molecular formula is C22H22N2O3S. The molecule has 0 aliphatic rings. The van der Waals surface area contributed by atoms with E-state index >= 15 is 0 Å². The van der Waals surface area contributed by atoms with E-state index in [1.807, 2.05) is 60.7 Å². The van der Waals surface area contributed by atoms with Crippen LogP contribution in [-0.2, 0) is 16.6 Å². The van der Waals surface area contributed by atoms with E-state index in [1.165, 1.54) is 24.3 Å². The van der Waals surface area contributed by atoms with Gasteiger partial charge in [-0.2, -0.15) is 0 Å². The Bertz CT molecular complexity index is 1020. The average Bonchev–Trinajstić information content (AvgIpc) is 2.73. The predicted octanol–water partition coefficient (Wildman–Crippen LogP) is 3.66. The minimum Gasteiger partial charge on any atom is -0.348 e. The third-order valence-corrected chi connectivity index (χ3v) is 5.91. The highest BCUT2D eigenvalue weighted by atomic mass is 32.2. The van der Waals surface area contributed by atoms with E-state index in [9.17, 15) is 13.2 Å². The van der Waals surface area contributed by atoms with Gasteiger partial charge in [-0.05, 0) is 42.3 Å². The molecule has 2 N–H and O–H groups in total. The van der Waals surface area contributed by atoms with E-state index in [2.05, 4.69) is 10.0 Å². The summed E-state index contributed by atoms with van der Waals surface area (Å²) in [5.74, 6) is -0.251. The highest BCUT2D eigenvalue weighted by Gasteiger charge is 2.18. The summed E-state index contributed by atoms with van der Waals surface area (Å²) >= 11 is 0. The lowest BCUT2D eigenvalue weighted by Gasteiger charge is -2.15. The van der Waals surface area contributed by atoms with E-state index in [0.29, 0.717) is 12.1 Å². The molecule has 1 atom stereocenters. The maximum absolute atomic E-state index is 12.6. The Balaban J connectivity index is 1.65. The molecule has 0 aliphatic heterocycles. The normalized spacial score (nSPS) is 12.3. The molecule has 1 unspecified atom stereocenters. The molecule has 0 bridgehead atoms. The van der Waals surface area contributed by atoms with Crippen molar-refractivity contribution >= 4 is 15.9 Å². The molecule has 0 aliphatic carbocycles. The van der Waals surface area contributed by atoms with Gasteiger partial charge in [0.25, 0.3) is 5.91 Å². The minimum absolute atomic E-state index is 0.120. The molecule has 0 aromatic heterocycles. The molecule has 5 nitrogen and oxygen atoms in total. The largest absolute Gasteiger partial charge is 0.348 e. The third-order valence-electron chi connectivity index (χ3n) is 4.35. The van der Waals surface area contributed by atoms with Crippen LogP contribution in [0.1, 0.15) is 34.5 Å². The van der Waals surface area contributed by atoms with Gasteiger partial charge in [0.15, 0.2) is 0 Å². The van der Waals surface area contributed by atoms with Gasteiger partial charge in [0.1, 0.15) is 0 Å². The Hall–Kier alpha value is -2.96. The summed E-state index contributed by atoms with van der Waals surface area (Å²) in [5.41, 5.74) is 2.28. The smallest absolute Gasteiger partial charge is 0.251 e. The van der Waals surface area contributed by atoms with Crippen LogP contribution in [-0.4, -0.2) is 14.3 Å². The van der Waals surface area contributed by atoms with Gasteiger partial charge in [0, 0.05) is 18.2 Å². The summed E-state index contributed by atoms with van der Waals surface area (Å²) in [6.45, 7) is 2.20. The highest BCUT2D eigenvalue weighted by molar-refractivity contribution is 7.89. The van der Waals surface area contributed by atoms with Crippen LogP contribution in [0.3, 0.4) is 0 Å². The lowest BCUT2D eigenvalue weighted by atomic mass is 10.1. The van der Waals surface area contributed by atoms with Crippen molar-refractivity contribution in [2.45, 2.75) is 24.4 Å². The van der Waals surface area contributed by atoms with Gasteiger partial charge >= 0.3 is 0 Å². The van der Waals surface area contributed by atoms with Crippen molar-refractivity contribution in [1.29, 1.82) is 0 Å². The zero-order valence-electron chi connectivity index (χ0n) is 15.5. The van der Waals surface area contributed by atoms with Crippen molar-refractivity contribution in [2.75, 3.05) is 0 Å². The summed E-state index contributed by atoms with van der Waals surface area (Å²) in [7, 11) is -3.69. The van der Waals surface area contributed by atoms with Crippen LogP contribution in [0.5, 0.6) is 0 Å². The van der Waals surface area contributed by atoms with Crippen LogP contribution < -0.4 is 10.0 Å². The van der Waals surface area contributed by atoms with E-state index < -0.39 is 10.0 Å². The Kier molecular flexibility index (Phi) is 6.23. The van der Waals surface area contributed by atoms with Crippen molar-refractivity contribution in [3.8, 4) is 0 Å². The molecule has 0 radical (unpaired) electrons. The average molecular weight is 394 g/mol. The fraction of sp³-hybridized carbons (Fsp3) is 0.136. The number of carbonyl (C=O) groups is 1. The van der Waals surface area contributed by atoms with Crippen molar-refractivity contribution in [2.24, 2.45) is 0 Å². The first kappa shape index (κ1) is 19.8. The summed E-state index contributed by atoms with van der Waals surface area (Å²) in [5, 5.41) is 2.82. The van der Waals surface area contributed by atoms with Crippen LogP contribution in [0.15, 0.2) is 89.8 Å². The van der Waals surface area contributed by atoms with Gasteiger partial charge in [-0.25, -0.2) is 13.1 Å². The van der Waals surface area contributed by atoms with E-state index in [0.717, 1.165) is 11.1 Å². The Labute approximate surface area is 165 Å². The van der Waals surface area contributed by atoms with Gasteiger partial charge < -0.3 is 5.32 Å². The molecule has 3 rings (SSSR count). The SMILES string of the molecule is CC(NS(=O)(=O)c1ccc(C(=O)NCc2ccccc2)cc1)c1ccccc1. The maximum atomic E-state index is 12.6. The van der Waals surface area contributed by atoms with Gasteiger partial charge in [0.05, 0.1) is 4.90 Å². The molecule has 0 spiro atoms. The summed E-state index contributed by atoms with van der Waals surface area (Å²) in [6.07, 6.45) is 0. The quantitative estimate of drug-likeness (QED) is 0.642. The third kappa shape index (κ3) is 5.06. The number of nitrogens with one attached hydrogen (secondary N) is 2. The van der Waals surface area contributed by atoms with Gasteiger partial charge in [-0.1, -0.05) is 60.7 Å².